The number of benzene rings is 1. The van der Waals surface area contributed by atoms with E-state index in [-0.39, 0.29) is 24.5 Å². The van der Waals surface area contributed by atoms with Gasteiger partial charge in [-0.3, -0.25) is 4.79 Å². The predicted molar refractivity (Wildman–Crippen MR) is 88.8 cm³/mol. The van der Waals surface area contributed by atoms with Gasteiger partial charge in [0, 0.05) is 48.6 Å². The first-order valence-electron chi connectivity index (χ1n) is 7.76. The number of H-pyrrole nitrogens is 1. The van der Waals surface area contributed by atoms with Crippen LogP contribution in [0.5, 0.6) is 5.75 Å². The van der Waals surface area contributed by atoms with Crippen LogP contribution in [0.1, 0.15) is 10.5 Å². The zero-order valence-corrected chi connectivity index (χ0v) is 13.7. The van der Waals surface area contributed by atoms with Crippen molar-refractivity contribution in [2.24, 2.45) is 5.92 Å². The van der Waals surface area contributed by atoms with Gasteiger partial charge >= 0.3 is 0 Å². The van der Waals surface area contributed by atoms with Gasteiger partial charge in [-0.05, 0) is 32.3 Å². The first-order chi connectivity index (χ1) is 11.0. The number of hydrogen-bond acceptors (Lipinski definition) is 4. The number of nitrogens with zero attached hydrogens (tertiary/aromatic N) is 2. The number of ether oxygens (including phenoxy) is 1. The molecule has 0 radical (unpaired) electrons. The van der Waals surface area contributed by atoms with Gasteiger partial charge in [-0.2, -0.15) is 0 Å². The minimum atomic E-state index is -0.0250. The lowest BCUT2D eigenvalue weighted by Crippen LogP contribution is -2.37. The molecule has 2 aromatic rings. The number of rotatable bonds is 4. The maximum absolute atomic E-state index is 12.8. The highest BCUT2D eigenvalue weighted by atomic mass is 16.5. The van der Waals surface area contributed by atoms with E-state index in [1.54, 1.807) is 7.11 Å². The van der Waals surface area contributed by atoms with Gasteiger partial charge < -0.3 is 24.6 Å². The summed E-state index contributed by atoms with van der Waals surface area (Å²) in [5.41, 5.74) is 1.46. The Labute approximate surface area is 135 Å². The molecule has 1 aliphatic heterocycles. The van der Waals surface area contributed by atoms with E-state index in [4.69, 9.17) is 4.74 Å². The molecule has 124 valence electrons. The SMILES string of the molecule is COc1ccc2cc(C(=O)N3C[C@@H](CO)[C@H](N(C)C)C3)[nH]c2c1. The fourth-order valence-corrected chi connectivity index (χ4v) is 3.30. The van der Waals surface area contributed by atoms with Crippen molar-refractivity contribution in [1.29, 1.82) is 0 Å². The number of aromatic amines is 1. The predicted octanol–water partition coefficient (Wildman–Crippen LogP) is 1.17. The molecule has 6 nitrogen and oxygen atoms in total. The Morgan fingerprint density at radius 1 is 1.39 bits per heavy atom. The Morgan fingerprint density at radius 3 is 2.78 bits per heavy atom. The monoisotopic (exact) mass is 317 g/mol. The molecule has 0 saturated carbocycles. The van der Waals surface area contributed by atoms with E-state index in [0.29, 0.717) is 18.8 Å². The van der Waals surface area contributed by atoms with Crippen molar-refractivity contribution >= 4 is 16.8 Å². The summed E-state index contributed by atoms with van der Waals surface area (Å²) in [6.45, 7) is 1.31. The summed E-state index contributed by atoms with van der Waals surface area (Å²) in [4.78, 5) is 19.8. The number of aliphatic hydroxyl groups is 1. The smallest absolute Gasteiger partial charge is 0.270 e. The highest BCUT2D eigenvalue weighted by Gasteiger charge is 2.36. The van der Waals surface area contributed by atoms with Crippen LogP contribution < -0.4 is 4.74 Å². The molecular formula is C17H23N3O3. The van der Waals surface area contributed by atoms with Crippen LogP contribution in [0.3, 0.4) is 0 Å². The molecule has 23 heavy (non-hydrogen) atoms. The van der Waals surface area contributed by atoms with Crippen molar-refractivity contribution in [2.75, 3.05) is 40.9 Å². The van der Waals surface area contributed by atoms with Crippen molar-refractivity contribution in [2.45, 2.75) is 6.04 Å². The maximum Gasteiger partial charge on any atom is 0.270 e. The quantitative estimate of drug-likeness (QED) is 0.888. The van der Waals surface area contributed by atoms with Crippen LogP contribution in [0.15, 0.2) is 24.3 Å². The zero-order valence-electron chi connectivity index (χ0n) is 13.7. The second kappa shape index (κ2) is 6.22. The Balaban J connectivity index is 1.83. The molecule has 1 fully saturated rings. The number of likely N-dealkylation sites (N-methyl/N-ethyl adjacent to an activating group) is 1. The molecule has 0 bridgehead atoms. The Bertz CT molecular complexity index is 710. The van der Waals surface area contributed by atoms with Crippen LogP contribution in [0.4, 0.5) is 0 Å². The van der Waals surface area contributed by atoms with Crippen molar-refractivity contribution in [1.82, 2.24) is 14.8 Å². The molecule has 1 aromatic heterocycles. The van der Waals surface area contributed by atoms with E-state index in [9.17, 15) is 9.90 Å². The third-order valence-corrected chi connectivity index (χ3v) is 4.65. The van der Waals surface area contributed by atoms with E-state index in [2.05, 4.69) is 9.88 Å². The Morgan fingerprint density at radius 2 is 2.17 bits per heavy atom. The Hall–Kier alpha value is -2.05. The molecule has 1 amide bonds. The highest BCUT2D eigenvalue weighted by molar-refractivity contribution is 5.98. The molecule has 2 heterocycles. The molecular weight excluding hydrogens is 294 g/mol. The van der Waals surface area contributed by atoms with Gasteiger partial charge in [0.25, 0.3) is 5.91 Å². The number of fused-ring (bicyclic) bond motifs is 1. The summed E-state index contributed by atoms with van der Waals surface area (Å²) in [7, 11) is 5.59. The van der Waals surface area contributed by atoms with Crippen LogP contribution in [-0.4, -0.2) is 72.7 Å². The largest absolute Gasteiger partial charge is 0.497 e. The topological polar surface area (TPSA) is 68.8 Å². The third kappa shape index (κ3) is 2.92. The molecule has 0 spiro atoms. The molecule has 1 saturated heterocycles. The average Bonchev–Trinajstić information content (AvgIpc) is 3.17. The van der Waals surface area contributed by atoms with Gasteiger partial charge in [0.2, 0.25) is 0 Å². The van der Waals surface area contributed by atoms with E-state index in [0.717, 1.165) is 16.7 Å². The van der Waals surface area contributed by atoms with Gasteiger partial charge in [0.1, 0.15) is 11.4 Å². The van der Waals surface area contributed by atoms with E-state index >= 15 is 0 Å². The number of nitrogens with one attached hydrogen (secondary N) is 1. The van der Waals surface area contributed by atoms with Crippen LogP contribution >= 0.6 is 0 Å². The summed E-state index contributed by atoms with van der Waals surface area (Å²) in [6.07, 6.45) is 0. The molecule has 1 aromatic carbocycles. The van der Waals surface area contributed by atoms with Crippen LogP contribution in [-0.2, 0) is 0 Å². The number of methoxy groups -OCH3 is 1. The lowest BCUT2D eigenvalue weighted by atomic mass is 10.0. The number of aromatic nitrogens is 1. The molecule has 0 unspecified atom stereocenters. The summed E-state index contributed by atoms with van der Waals surface area (Å²) in [6, 6.07) is 7.76. The number of likely N-dealkylation sites (tertiary alicyclic amines) is 1. The first kappa shape index (κ1) is 15.8. The first-order valence-corrected chi connectivity index (χ1v) is 7.76. The number of hydrogen-bond donors (Lipinski definition) is 2. The Kier molecular flexibility index (Phi) is 4.28. The fourth-order valence-electron chi connectivity index (χ4n) is 3.30. The lowest BCUT2D eigenvalue weighted by Gasteiger charge is -2.23. The van der Waals surface area contributed by atoms with Gasteiger partial charge in [-0.25, -0.2) is 0 Å². The van der Waals surface area contributed by atoms with Gasteiger partial charge in [0.05, 0.1) is 7.11 Å². The number of carbonyl (C=O) groups is 1. The van der Waals surface area contributed by atoms with Gasteiger partial charge in [0.15, 0.2) is 0 Å². The minimum Gasteiger partial charge on any atom is -0.497 e. The van der Waals surface area contributed by atoms with Crippen LogP contribution in [0.2, 0.25) is 0 Å². The summed E-state index contributed by atoms with van der Waals surface area (Å²) >= 11 is 0. The summed E-state index contributed by atoms with van der Waals surface area (Å²) in [5, 5.41) is 10.5. The van der Waals surface area contributed by atoms with Crippen molar-refractivity contribution in [3.63, 3.8) is 0 Å². The van der Waals surface area contributed by atoms with Gasteiger partial charge in [-0.1, -0.05) is 0 Å². The van der Waals surface area contributed by atoms with Crippen molar-refractivity contribution in [3.05, 3.63) is 30.0 Å². The van der Waals surface area contributed by atoms with E-state index in [1.165, 1.54) is 0 Å². The van der Waals surface area contributed by atoms with Crippen molar-refractivity contribution < 1.29 is 14.6 Å². The molecule has 3 rings (SSSR count). The average molecular weight is 317 g/mol. The van der Waals surface area contributed by atoms with E-state index < -0.39 is 0 Å². The standard InChI is InChI=1S/C17H23N3O3/c1-19(2)16-9-20(8-12(16)10-21)17(22)15-6-11-4-5-13(23-3)7-14(11)18-15/h4-7,12,16,18,21H,8-10H2,1-3H3/t12-,16+/m0/s1. The van der Waals surface area contributed by atoms with Crippen LogP contribution in [0, 0.1) is 5.92 Å². The molecule has 2 N–H and O–H groups in total. The highest BCUT2D eigenvalue weighted by Crippen LogP contribution is 2.25. The second-order valence-corrected chi connectivity index (χ2v) is 6.32. The van der Waals surface area contributed by atoms with Gasteiger partial charge in [-0.15, -0.1) is 0 Å². The lowest BCUT2D eigenvalue weighted by molar-refractivity contribution is 0.0774. The molecule has 0 aliphatic carbocycles. The molecule has 6 heteroatoms. The number of carbonyl (C=O) groups excluding carboxylic acids is 1. The maximum atomic E-state index is 12.8. The third-order valence-electron chi connectivity index (χ3n) is 4.65. The molecule has 1 aliphatic rings. The zero-order chi connectivity index (χ0) is 16.6. The summed E-state index contributed by atoms with van der Waals surface area (Å²) < 4.78 is 5.21. The normalized spacial score (nSPS) is 21.3. The van der Waals surface area contributed by atoms with E-state index in [1.807, 2.05) is 43.3 Å². The van der Waals surface area contributed by atoms with Crippen LogP contribution in [0.25, 0.3) is 10.9 Å². The second-order valence-electron chi connectivity index (χ2n) is 6.32. The number of amides is 1. The minimum absolute atomic E-state index is 0.0250. The van der Waals surface area contributed by atoms with Crippen molar-refractivity contribution in [3.8, 4) is 5.75 Å². The summed E-state index contributed by atoms with van der Waals surface area (Å²) in [5.74, 6) is 0.828. The fraction of sp³-hybridized carbons (Fsp3) is 0.471. The molecule has 2 atom stereocenters. The number of aliphatic hydroxyl groups excluding tert-OH is 1.